The maximum atomic E-state index is 13.7. The van der Waals surface area contributed by atoms with E-state index in [-0.39, 0.29) is 71.6 Å². The minimum absolute atomic E-state index is 0.0482. The lowest BCUT2D eigenvalue weighted by molar-refractivity contribution is -0.132. The van der Waals surface area contributed by atoms with Gasteiger partial charge in [-0.2, -0.15) is 10.2 Å². The van der Waals surface area contributed by atoms with Crippen molar-refractivity contribution in [3.63, 3.8) is 0 Å². The monoisotopic (exact) mass is 1430 g/mol. The van der Waals surface area contributed by atoms with Gasteiger partial charge in [-0.25, -0.2) is 79.5 Å². The molecule has 0 bridgehead atoms. The molecular formula is C62H62F8N12O11S4. The summed E-state index contributed by atoms with van der Waals surface area (Å²) in [4.78, 5) is 95.1. The fourth-order valence-corrected chi connectivity index (χ4v) is 10.3. The Morgan fingerprint density at radius 3 is 1.53 bits per heavy atom. The molecule has 1 unspecified atom stereocenters. The van der Waals surface area contributed by atoms with Gasteiger partial charge in [0.1, 0.15) is 75.3 Å². The Kier molecular flexibility index (Phi) is 29.0. The average molecular weight is 1430 g/mol. The standard InChI is InChI=1S/C16H14F2N4O2S.C15H16F2N2O3S.C10H8F2N2S.C8H12N2O2S.C7H4F2O.C6H8N2O3/c1-22-14(23)5-4-13(21-22)15(24)20-16-19-8-11(25-16)6-9-2-3-10(17)7-12(9)18;1-15(2,3)22-14(21)19-13-18-7-11(23-13)12(20)9-5-4-8(16)6-10(9)17;11-7-2-1-6(9(12)4-7)3-8-5-14-10(13)15-8;1-8(2,3)12-7(11)10-6-9-4-5-13-6;8-6-2-1-5(4-10)7(9)3-6;1-8-5(9)3-2-4(7-8)6(10)11/h2-3,7-8H,4-6H2,1H3,(H,19,20,24);4-7,12,20H,1-3H3,(H,18,19,21);1-2,4-5H,3H2,(H2,13,14);4-5H,1-3H3,(H,9,10,11);1-4H;2-3H2,1H3,(H,10,11). The quantitative estimate of drug-likeness (QED) is 0.0489. The summed E-state index contributed by atoms with van der Waals surface area (Å²) in [5.41, 5.74) is 5.22. The molecule has 0 saturated carbocycles. The third-order valence-corrected chi connectivity index (χ3v) is 15.2. The van der Waals surface area contributed by atoms with Crippen LogP contribution in [0.15, 0.2) is 113 Å². The average Bonchev–Trinajstić information content (AvgIpc) is 1.80. The van der Waals surface area contributed by atoms with Crippen molar-refractivity contribution in [2.45, 2.75) is 97.4 Å². The van der Waals surface area contributed by atoms with Gasteiger partial charge in [-0.3, -0.25) is 35.1 Å². The van der Waals surface area contributed by atoms with E-state index in [4.69, 9.17) is 20.3 Å². The van der Waals surface area contributed by atoms with Gasteiger partial charge in [0.15, 0.2) is 26.8 Å². The van der Waals surface area contributed by atoms with Crippen LogP contribution in [0, 0.1) is 46.5 Å². The number of aliphatic carboxylic acids is 1. The van der Waals surface area contributed by atoms with Crippen LogP contribution in [-0.4, -0.2) is 119 Å². The van der Waals surface area contributed by atoms with Crippen LogP contribution in [-0.2, 0) is 41.5 Å². The number of amides is 5. The van der Waals surface area contributed by atoms with Crippen molar-refractivity contribution in [1.29, 1.82) is 0 Å². The molecule has 4 aromatic carbocycles. The minimum atomic E-state index is -1.30. The lowest BCUT2D eigenvalue weighted by atomic mass is 10.1. The molecule has 0 radical (unpaired) electrons. The lowest BCUT2D eigenvalue weighted by Crippen LogP contribution is -2.34. The van der Waals surface area contributed by atoms with E-state index in [1.54, 1.807) is 38.5 Å². The van der Waals surface area contributed by atoms with E-state index < -0.39 is 87.9 Å². The third kappa shape index (κ3) is 27.0. The number of thiazole rings is 4. The molecule has 2 aliphatic heterocycles. The summed E-state index contributed by atoms with van der Waals surface area (Å²) in [6.07, 6.45) is 5.56. The Balaban J connectivity index is 0.000000217. The third-order valence-electron chi connectivity index (χ3n) is 11.8. The van der Waals surface area contributed by atoms with Crippen molar-refractivity contribution >= 4 is 119 Å². The second-order valence-electron chi connectivity index (χ2n) is 21.8. The van der Waals surface area contributed by atoms with Crippen molar-refractivity contribution in [3.8, 4) is 0 Å². The zero-order chi connectivity index (χ0) is 71.9. The van der Waals surface area contributed by atoms with E-state index in [2.05, 4.69) is 46.1 Å². The number of halogens is 8. The zero-order valence-corrected chi connectivity index (χ0v) is 55.9. The number of carbonyl (C=O) groups is 7. The largest absolute Gasteiger partial charge is 0.477 e. The molecule has 8 aromatic rings. The topological polar surface area (TPSA) is 323 Å². The molecule has 23 nitrogen and oxygen atoms in total. The smallest absolute Gasteiger partial charge is 0.413 e. The van der Waals surface area contributed by atoms with Crippen molar-refractivity contribution in [1.82, 2.24) is 30.0 Å². The Hall–Kier alpha value is -9.97. The summed E-state index contributed by atoms with van der Waals surface area (Å²) >= 11 is 4.82. The van der Waals surface area contributed by atoms with Gasteiger partial charge in [0.05, 0.1) is 10.4 Å². The lowest BCUT2D eigenvalue weighted by Gasteiger charge is -2.18. The van der Waals surface area contributed by atoms with Gasteiger partial charge in [0, 0.05) is 122 Å². The number of aliphatic hydroxyl groups is 1. The van der Waals surface area contributed by atoms with Crippen LogP contribution in [0.5, 0.6) is 0 Å². The van der Waals surface area contributed by atoms with E-state index >= 15 is 0 Å². The number of ether oxygens (including phenoxy) is 2. The molecule has 0 spiro atoms. The highest BCUT2D eigenvalue weighted by Gasteiger charge is 2.25. The number of nitrogens with one attached hydrogen (secondary N) is 3. The molecule has 0 aliphatic carbocycles. The van der Waals surface area contributed by atoms with Crippen LogP contribution in [0.3, 0.4) is 0 Å². The van der Waals surface area contributed by atoms with Gasteiger partial charge in [-0.1, -0.05) is 29.5 Å². The van der Waals surface area contributed by atoms with Gasteiger partial charge in [-0.05, 0) is 83.0 Å². The molecule has 6 heterocycles. The van der Waals surface area contributed by atoms with Crippen LogP contribution in [0.4, 0.5) is 65.2 Å². The van der Waals surface area contributed by atoms with Gasteiger partial charge in [-0.15, -0.1) is 34.0 Å². The number of aliphatic hydroxyl groups excluding tert-OH is 1. The molecule has 2 aliphatic rings. The predicted molar refractivity (Wildman–Crippen MR) is 348 cm³/mol. The van der Waals surface area contributed by atoms with Crippen LogP contribution in [0.1, 0.15) is 115 Å². The Bertz CT molecular complexity index is 4120. The molecule has 0 fully saturated rings. The highest BCUT2D eigenvalue weighted by atomic mass is 32.1. The number of carbonyl (C=O) groups excluding carboxylic acids is 6. The normalized spacial score (nSPS) is 12.9. The summed E-state index contributed by atoms with van der Waals surface area (Å²) in [7, 11) is 2.94. The summed E-state index contributed by atoms with van der Waals surface area (Å²) in [6.45, 7) is 10.6. The molecule has 0 saturated heterocycles. The van der Waals surface area contributed by atoms with E-state index in [0.717, 1.165) is 67.5 Å². The first-order chi connectivity index (χ1) is 45.5. The Morgan fingerprint density at radius 1 is 0.598 bits per heavy atom. The number of aldehydes is 1. The molecule has 35 heteroatoms. The number of carboxylic acids is 1. The number of nitrogens with zero attached hydrogens (tertiary/aromatic N) is 8. The fourth-order valence-electron chi connectivity index (χ4n) is 7.39. The zero-order valence-electron chi connectivity index (χ0n) is 52.6. The van der Waals surface area contributed by atoms with E-state index in [1.807, 2.05) is 20.8 Å². The number of hydrogen-bond acceptors (Lipinski definition) is 21. The summed E-state index contributed by atoms with van der Waals surface area (Å²) in [5, 5.41) is 39.3. The minimum Gasteiger partial charge on any atom is -0.477 e. The van der Waals surface area contributed by atoms with Crippen LogP contribution < -0.4 is 21.7 Å². The molecule has 1 atom stereocenters. The van der Waals surface area contributed by atoms with E-state index in [9.17, 15) is 73.8 Å². The van der Waals surface area contributed by atoms with Crippen LogP contribution in [0.2, 0.25) is 0 Å². The number of nitrogen functional groups attached to an aromatic ring is 1. The van der Waals surface area contributed by atoms with Gasteiger partial charge < -0.3 is 25.4 Å². The number of rotatable bonds is 12. The number of hydrogen-bond donors (Lipinski definition) is 6. The molecule has 516 valence electrons. The number of aromatic nitrogens is 4. The number of benzene rings is 4. The highest BCUT2D eigenvalue weighted by Crippen LogP contribution is 2.32. The van der Waals surface area contributed by atoms with Crippen molar-refractivity contribution in [2.24, 2.45) is 10.2 Å². The summed E-state index contributed by atoms with van der Waals surface area (Å²) in [5.74, 6) is -7.21. The number of carboxylic acid groups (broad SMARTS) is 1. The molecule has 4 aromatic heterocycles. The fraction of sp³-hybridized carbons (Fsp3) is 0.274. The Labute approximate surface area is 564 Å². The summed E-state index contributed by atoms with van der Waals surface area (Å²) in [6, 6.07) is 12.7. The molecular weight excluding hydrogens is 1370 g/mol. The number of nitrogens with two attached hydrogens (primary N) is 1. The molecule has 5 amide bonds. The van der Waals surface area contributed by atoms with Crippen molar-refractivity contribution < 1.29 is 88.4 Å². The maximum Gasteiger partial charge on any atom is 0.413 e. The van der Waals surface area contributed by atoms with Gasteiger partial charge in [0.2, 0.25) is 11.8 Å². The van der Waals surface area contributed by atoms with E-state index in [1.165, 1.54) is 84.8 Å². The predicted octanol–water partition coefficient (Wildman–Crippen LogP) is 12.9. The highest BCUT2D eigenvalue weighted by molar-refractivity contribution is 7.16. The second-order valence-corrected chi connectivity index (χ2v) is 26.0. The molecule has 10 rings (SSSR count). The van der Waals surface area contributed by atoms with Crippen LogP contribution >= 0.6 is 45.3 Å². The first-order valence-corrected chi connectivity index (χ1v) is 31.5. The second kappa shape index (κ2) is 36.2. The van der Waals surface area contributed by atoms with Crippen molar-refractivity contribution in [2.75, 3.05) is 35.8 Å². The first kappa shape index (κ1) is 77.7. The van der Waals surface area contributed by atoms with Crippen LogP contribution in [0.25, 0.3) is 0 Å². The molecule has 97 heavy (non-hydrogen) atoms. The Morgan fingerprint density at radius 2 is 1.06 bits per heavy atom. The SMILES string of the molecule is CC(C)(C)OC(=O)Nc1ncc(C(O)c2ccc(F)cc2F)s1.CC(C)(C)OC(=O)Nc1nccs1.CN1N=C(C(=O)Nc2ncc(Cc3ccc(F)cc3F)s2)CCC1=O.CN1N=C(C(=O)O)CCC1=O.Nc1ncc(Cc2ccc(F)cc2F)s1.O=Cc1ccc(F)cc1F. The first-order valence-electron chi connectivity index (χ1n) is 28.2. The maximum absolute atomic E-state index is 13.7. The number of hydrazone groups is 2. The van der Waals surface area contributed by atoms with Gasteiger partial charge >= 0.3 is 18.2 Å². The number of anilines is 4. The van der Waals surface area contributed by atoms with Gasteiger partial charge in [0.25, 0.3) is 5.91 Å². The van der Waals surface area contributed by atoms with E-state index in [0.29, 0.717) is 56.2 Å². The molecule has 7 N–H and O–H groups in total. The summed E-state index contributed by atoms with van der Waals surface area (Å²) < 4.78 is 114. The van der Waals surface area contributed by atoms with Crippen molar-refractivity contribution in [3.05, 3.63) is 186 Å².